The van der Waals surface area contributed by atoms with Crippen molar-refractivity contribution in [2.75, 3.05) is 5.73 Å². The number of aromatic nitrogens is 1. The van der Waals surface area contributed by atoms with Crippen LogP contribution in [0.5, 0.6) is 5.75 Å². The van der Waals surface area contributed by atoms with E-state index in [1.807, 2.05) is 78.9 Å². The quantitative estimate of drug-likeness (QED) is 0.430. The summed E-state index contributed by atoms with van der Waals surface area (Å²) in [6.07, 6.45) is 0. The molecule has 0 aliphatic heterocycles. The van der Waals surface area contributed by atoms with Crippen LogP contribution < -0.4 is 10.5 Å². The van der Waals surface area contributed by atoms with Gasteiger partial charge in [0.25, 0.3) is 0 Å². The van der Waals surface area contributed by atoms with Crippen LogP contribution in [0.15, 0.2) is 84.9 Å². The topological polar surface area (TPSA) is 71.9 Å². The summed E-state index contributed by atoms with van der Waals surface area (Å²) in [5.74, 6) is 0.920. The number of hydrogen-bond acceptors (Lipinski definition) is 4. The maximum atomic E-state index is 9.62. The van der Waals surface area contributed by atoms with E-state index in [0.29, 0.717) is 28.5 Å². The van der Waals surface area contributed by atoms with Gasteiger partial charge in [-0.15, -0.1) is 0 Å². The van der Waals surface area contributed by atoms with Gasteiger partial charge < -0.3 is 10.5 Å². The van der Waals surface area contributed by atoms with Gasteiger partial charge in [-0.2, -0.15) is 5.26 Å². The number of anilines is 1. The van der Waals surface area contributed by atoms with E-state index in [9.17, 15) is 5.26 Å². The van der Waals surface area contributed by atoms with Crippen LogP contribution in [-0.4, -0.2) is 4.98 Å². The van der Waals surface area contributed by atoms with Crippen LogP contribution in [0.25, 0.3) is 22.4 Å². The van der Waals surface area contributed by atoms with E-state index in [-0.39, 0.29) is 5.82 Å². The second kappa shape index (κ2) is 8.69. The summed E-state index contributed by atoms with van der Waals surface area (Å²) in [7, 11) is 0. The number of nitriles is 1. The first kappa shape index (κ1) is 19.5. The number of hydrogen-bond donors (Lipinski definition) is 1. The Morgan fingerprint density at radius 1 is 0.900 bits per heavy atom. The highest BCUT2D eigenvalue weighted by Crippen LogP contribution is 2.34. The molecule has 0 aliphatic rings. The predicted octanol–water partition coefficient (Wildman–Crippen LogP) is 6.10. The molecule has 0 fully saturated rings. The van der Waals surface area contributed by atoms with Crippen LogP contribution in [0.2, 0.25) is 5.02 Å². The smallest absolute Gasteiger partial charge is 0.142 e. The normalized spacial score (nSPS) is 10.4. The van der Waals surface area contributed by atoms with Gasteiger partial charge in [-0.3, -0.25) is 0 Å². The minimum Gasteiger partial charge on any atom is -0.489 e. The summed E-state index contributed by atoms with van der Waals surface area (Å²) in [4.78, 5) is 4.39. The van der Waals surface area contributed by atoms with Crippen LogP contribution in [0.1, 0.15) is 11.1 Å². The third-order valence-electron chi connectivity index (χ3n) is 4.72. The average Bonchev–Trinajstić information content (AvgIpc) is 2.78. The van der Waals surface area contributed by atoms with E-state index >= 15 is 0 Å². The lowest BCUT2D eigenvalue weighted by molar-refractivity contribution is 0.306. The molecule has 4 aromatic rings. The largest absolute Gasteiger partial charge is 0.489 e. The molecule has 0 radical (unpaired) electrons. The highest BCUT2D eigenvalue weighted by atomic mass is 35.5. The molecule has 146 valence electrons. The van der Waals surface area contributed by atoms with Crippen molar-refractivity contribution < 1.29 is 4.74 Å². The fourth-order valence-electron chi connectivity index (χ4n) is 3.19. The SMILES string of the molecule is N#Cc1c(-c2ccc(OCc3ccccc3)cc2)cc(-c2ccccc2Cl)nc1N. The van der Waals surface area contributed by atoms with Crippen molar-refractivity contribution in [1.82, 2.24) is 4.98 Å². The molecule has 0 saturated heterocycles. The van der Waals surface area contributed by atoms with Gasteiger partial charge in [0.2, 0.25) is 0 Å². The lowest BCUT2D eigenvalue weighted by atomic mass is 9.98. The zero-order valence-electron chi connectivity index (χ0n) is 16.0. The number of nitrogens with two attached hydrogens (primary N) is 1. The van der Waals surface area contributed by atoms with Crippen molar-refractivity contribution in [3.8, 4) is 34.2 Å². The summed E-state index contributed by atoms with van der Waals surface area (Å²) in [6.45, 7) is 0.489. The summed E-state index contributed by atoms with van der Waals surface area (Å²) in [5.41, 5.74) is 10.5. The molecule has 1 heterocycles. The molecule has 4 nitrogen and oxygen atoms in total. The molecule has 0 saturated carbocycles. The number of benzene rings is 3. The van der Waals surface area contributed by atoms with Crippen LogP contribution >= 0.6 is 11.6 Å². The Morgan fingerprint density at radius 3 is 2.30 bits per heavy atom. The van der Waals surface area contributed by atoms with Crippen LogP contribution in [0.3, 0.4) is 0 Å². The first-order valence-electron chi connectivity index (χ1n) is 9.38. The third kappa shape index (κ3) is 4.12. The number of pyridine rings is 1. The third-order valence-corrected chi connectivity index (χ3v) is 5.05. The van der Waals surface area contributed by atoms with Gasteiger partial charge in [-0.1, -0.05) is 72.3 Å². The van der Waals surface area contributed by atoms with E-state index in [1.165, 1.54) is 0 Å². The Kier molecular flexibility index (Phi) is 5.65. The molecule has 1 aromatic heterocycles. The van der Waals surface area contributed by atoms with Gasteiger partial charge in [0.05, 0.1) is 5.69 Å². The number of nitrogen functional groups attached to an aromatic ring is 1. The lowest BCUT2D eigenvalue weighted by Crippen LogP contribution is -2.00. The first-order chi connectivity index (χ1) is 14.7. The van der Waals surface area contributed by atoms with Gasteiger partial charge in [-0.25, -0.2) is 4.98 Å². The van der Waals surface area contributed by atoms with E-state index in [4.69, 9.17) is 22.1 Å². The van der Waals surface area contributed by atoms with Crippen LogP contribution in [0.4, 0.5) is 5.82 Å². The van der Waals surface area contributed by atoms with Crippen molar-refractivity contribution in [3.05, 3.63) is 101 Å². The van der Waals surface area contributed by atoms with Crippen LogP contribution in [0, 0.1) is 11.3 Å². The Balaban J connectivity index is 1.66. The van der Waals surface area contributed by atoms with Crippen molar-refractivity contribution in [3.63, 3.8) is 0 Å². The lowest BCUT2D eigenvalue weighted by Gasteiger charge is -2.12. The second-order valence-electron chi connectivity index (χ2n) is 6.71. The zero-order valence-corrected chi connectivity index (χ0v) is 16.8. The monoisotopic (exact) mass is 411 g/mol. The van der Waals surface area contributed by atoms with E-state index in [2.05, 4.69) is 11.1 Å². The molecule has 0 unspecified atom stereocenters. The molecule has 30 heavy (non-hydrogen) atoms. The maximum absolute atomic E-state index is 9.62. The van der Waals surface area contributed by atoms with Gasteiger partial charge in [0.15, 0.2) is 0 Å². The van der Waals surface area contributed by atoms with E-state index in [1.54, 1.807) is 6.07 Å². The van der Waals surface area contributed by atoms with Gasteiger partial charge >= 0.3 is 0 Å². The Hall–Kier alpha value is -3.81. The molecule has 0 spiro atoms. The summed E-state index contributed by atoms with van der Waals surface area (Å²) >= 11 is 6.33. The number of halogens is 1. The minimum absolute atomic E-state index is 0.175. The zero-order chi connectivity index (χ0) is 20.9. The highest BCUT2D eigenvalue weighted by molar-refractivity contribution is 6.33. The summed E-state index contributed by atoms with van der Waals surface area (Å²) in [5, 5.41) is 10.2. The van der Waals surface area contributed by atoms with Crippen molar-refractivity contribution in [2.24, 2.45) is 0 Å². The predicted molar refractivity (Wildman–Crippen MR) is 120 cm³/mol. The molecule has 5 heteroatoms. The van der Waals surface area contributed by atoms with Gasteiger partial charge in [0, 0.05) is 16.1 Å². The fraction of sp³-hybridized carbons (Fsp3) is 0.0400. The first-order valence-corrected chi connectivity index (χ1v) is 9.76. The van der Waals surface area contributed by atoms with Gasteiger partial charge in [-0.05, 0) is 35.4 Å². The number of ether oxygens (including phenoxy) is 1. The maximum Gasteiger partial charge on any atom is 0.142 e. The molecule has 2 N–H and O–H groups in total. The van der Waals surface area contributed by atoms with E-state index < -0.39 is 0 Å². The van der Waals surface area contributed by atoms with Crippen LogP contribution in [-0.2, 0) is 6.61 Å². The fourth-order valence-corrected chi connectivity index (χ4v) is 3.42. The Bertz CT molecular complexity index is 1220. The average molecular weight is 412 g/mol. The number of nitrogens with zero attached hydrogens (tertiary/aromatic N) is 2. The minimum atomic E-state index is 0.175. The Labute approximate surface area is 180 Å². The molecule has 0 atom stereocenters. The standard InChI is InChI=1S/C25H18ClN3O/c26-23-9-5-4-8-20(23)24-14-21(22(15-27)25(28)29-24)18-10-12-19(13-11-18)30-16-17-6-2-1-3-7-17/h1-14H,16H2,(H2,28,29). The van der Waals surface area contributed by atoms with E-state index in [0.717, 1.165) is 22.4 Å². The molecule has 0 aliphatic carbocycles. The number of rotatable bonds is 5. The van der Waals surface area contributed by atoms with Crippen molar-refractivity contribution >= 4 is 17.4 Å². The molecular formula is C25H18ClN3O. The molecular weight excluding hydrogens is 394 g/mol. The highest BCUT2D eigenvalue weighted by Gasteiger charge is 2.15. The second-order valence-corrected chi connectivity index (χ2v) is 7.11. The van der Waals surface area contributed by atoms with Gasteiger partial charge in [0.1, 0.15) is 29.8 Å². The van der Waals surface area contributed by atoms with Crippen molar-refractivity contribution in [1.29, 1.82) is 5.26 Å². The van der Waals surface area contributed by atoms with Crippen molar-refractivity contribution in [2.45, 2.75) is 6.61 Å². The molecule has 3 aromatic carbocycles. The Morgan fingerprint density at radius 2 is 1.60 bits per heavy atom. The summed E-state index contributed by atoms with van der Waals surface area (Å²) < 4.78 is 5.85. The molecule has 4 rings (SSSR count). The molecule has 0 amide bonds. The molecule has 0 bridgehead atoms. The summed E-state index contributed by atoms with van der Waals surface area (Å²) in [6, 6.07) is 29.0.